The molecule has 1 amide bonds. The first kappa shape index (κ1) is 12.8. The molecule has 0 radical (unpaired) electrons. The van der Waals surface area contributed by atoms with Crippen LogP contribution in [0, 0.1) is 0 Å². The highest BCUT2D eigenvalue weighted by Gasteiger charge is 2.21. The summed E-state index contributed by atoms with van der Waals surface area (Å²) in [6.45, 7) is 5.23. The Morgan fingerprint density at radius 3 is 3.11 bits per heavy atom. The van der Waals surface area contributed by atoms with E-state index in [2.05, 4.69) is 22.1 Å². The lowest BCUT2D eigenvalue weighted by atomic mass is 10.1. The highest BCUT2D eigenvalue weighted by molar-refractivity contribution is 5.92. The molecule has 0 aromatic carbocycles. The average Bonchev–Trinajstić information content (AvgIpc) is 2.39. The van der Waals surface area contributed by atoms with Crippen LogP contribution >= 0.6 is 0 Å². The lowest BCUT2D eigenvalue weighted by Crippen LogP contribution is -2.47. The molecule has 1 aliphatic rings. The van der Waals surface area contributed by atoms with Gasteiger partial charge in [0.2, 0.25) is 0 Å². The minimum absolute atomic E-state index is 0.113. The number of nitrogens with one attached hydrogen (secondary N) is 1. The second-order valence-electron chi connectivity index (χ2n) is 4.68. The van der Waals surface area contributed by atoms with E-state index in [9.17, 15) is 4.79 Å². The van der Waals surface area contributed by atoms with E-state index in [1.54, 1.807) is 12.1 Å². The van der Waals surface area contributed by atoms with Crippen LogP contribution in [0.4, 0.5) is 5.69 Å². The van der Waals surface area contributed by atoms with Gasteiger partial charge in [0.25, 0.3) is 5.91 Å². The molecule has 5 heteroatoms. The molecule has 18 heavy (non-hydrogen) atoms. The van der Waals surface area contributed by atoms with Gasteiger partial charge in [0.1, 0.15) is 5.69 Å². The third-order valence-electron chi connectivity index (χ3n) is 3.31. The van der Waals surface area contributed by atoms with Crippen LogP contribution in [-0.2, 0) is 0 Å². The number of hydrogen-bond acceptors (Lipinski definition) is 4. The van der Waals surface area contributed by atoms with Gasteiger partial charge >= 0.3 is 0 Å². The van der Waals surface area contributed by atoms with Gasteiger partial charge in [-0.05, 0) is 38.1 Å². The van der Waals surface area contributed by atoms with Crippen LogP contribution < -0.4 is 11.1 Å². The van der Waals surface area contributed by atoms with E-state index in [0.29, 0.717) is 11.4 Å². The maximum absolute atomic E-state index is 12.0. The fraction of sp³-hybridized carbons (Fsp3) is 0.538. The smallest absolute Gasteiger partial charge is 0.270 e. The molecule has 98 valence electrons. The quantitative estimate of drug-likeness (QED) is 0.833. The minimum atomic E-state index is -0.113. The van der Waals surface area contributed by atoms with Crippen molar-refractivity contribution in [1.29, 1.82) is 0 Å². The summed E-state index contributed by atoms with van der Waals surface area (Å²) >= 11 is 0. The van der Waals surface area contributed by atoms with Crippen LogP contribution in [0.15, 0.2) is 18.3 Å². The first-order valence-electron chi connectivity index (χ1n) is 6.43. The summed E-state index contributed by atoms with van der Waals surface area (Å²) in [5.74, 6) is -0.113. The number of carbonyl (C=O) groups is 1. The number of pyridine rings is 1. The summed E-state index contributed by atoms with van der Waals surface area (Å²) in [7, 11) is 0. The van der Waals surface area contributed by atoms with Crippen molar-refractivity contribution < 1.29 is 4.79 Å². The molecule has 1 aromatic rings. The standard InChI is InChI=1S/C13H20N4O/c1-2-17-7-3-4-11(9-17)16-13(18)12-6-5-10(14)8-15-12/h5-6,8,11H,2-4,7,9,14H2,1H3,(H,16,18). The summed E-state index contributed by atoms with van der Waals surface area (Å²) in [5, 5.41) is 3.03. The summed E-state index contributed by atoms with van der Waals surface area (Å²) in [5.41, 5.74) is 6.55. The summed E-state index contributed by atoms with van der Waals surface area (Å²) in [6, 6.07) is 3.58. The molecule has 1 fully saturated rings. The summed E-state index contributed by atoms with van der Waals surface area (Å²) in [6.07, 6.45) is 3.68. The Bertz CT molecular complexity index is 404. The van der Waals surface area contributed by atoms with E-state index in [0.717, 1.165) is 32.5 Å². The predicted octanol–water partition coefficient (Wildman–Crippen LogP) is 0.878. The van der Waals surface area contributed by atoms with Crippen molar-refractivity contribution in [3.63, 3.8) is 0 Å². The Labute approximate surface area is 107 Å². The van der Waals surface area contributed by atoms with E-state index in [1.165, 1.54) is 6.20 Å². The number of carbonyl (C=O) groups excluding carboxylic acids is 1. The maximum atomic E-state index is 12.0. The molecule has 1 unspecified atom stereocenters. The topological polar surface area (TPSA) is 71.2 Å². The number of anilines is 1. The minimum Gasteiger partial charge on any atom is -0.397 e. The molecule has 0 saturated carbocycles. The van der Waals surface area contributed by atoms with E-state index in [-0.39, 0.29) is 11.9 Å². The number of hydrogen-bond donors (Lipinski definition) is 2. The molecule has 0 bridgehead atoms. The number of amides is 1. The molecular formula is C13H20N4O. The van der Waals surface area contributed by atoms with Gasteiger partial charge in [0.05, 0.1) is 11.9 Å². The van der Waals surface area contributed by atoms with Crippen molar-refractivity contribution in [1.82, 2.24) is 15.2 Å². The number of piperidine rings is 1. The number of nitrogens with two attached hydrogens (primary N) is 1. The zero-order valence-corrected chi connectivity index (χ0v) is 10.7. The van der Waals surface area contributed by atoms with Crippen LogP contribution in [-0.4, -0.2) is 41.5 Å². The molecule has 2 heterocycles. The third kappa shape index (κ3) is 3.20. The molecule has 1 aliphatic heterocycles. The van der Waals surface area contributed by atoms with Crippen LogP contribution in [0.5, 0.6) is 0 Å². The largest absolute Gasteiger partial charge is 0.397 e. The van der Waals surface area contributed by atoms with Crippen molar-refractivity contribution in [2.75, 3.05) is 25.4 Å². The van der Waals surface area contributed by atoms with Gasteiger partial charge in [-0.1, -0.05) is 6.92 Å². The fourth-order valence-corrected chi connectivity index (χ4v) is 2.26. The van der Waals surface area contributed by atoms with E-state index in [4.69, 9.17) is 5.73 Å². The highest BCUT2D eigenvalue weighted by atomic mass is 16.1. The molecule has 2 rings (SSSR count). The van der Waals surface area contributed by atoms with Crippen LogP contribution in [0.2, 0.25) is 0 Å². The second kappa shape index (κ2) is 5.82. The molecule has 5 nitrogen and oxygen atoms in total. The van der Waals surface area contributed by atoms with Crippen molar-refractivity contribution in [2.24, 2.45) is 0 Å². The summed E-state index contributed by atoms with van der Waals surface area (Å²) < 4.78 is 0. The molecule has 1 atom stereocenters. The number of nitrogen functional groups attached to an aromatic ring is 1. The first-order valence-corrected chi connectivity index (χ1v) is 6.43. The average molecular weight is 248 g/mol. The lowest BCUT2D eigenvalue weighted by molar-refractivity contribution is 0.0901. The SMILES string of the molecule is CCN1CCCC(NC(=O)c2ccc(N)cn2)C1. The van der Waals surface area contributed by atoms with Gasteiger partial charge in [0.15, 0.2) is 0 Å². The van der Waals surface area contributed by atoms with Gasteiger partial charge < -0.3 is 16.0 Å². The number of aromatic nitrogens is 1. The monoisotopic (exact) mass is 248 g/mol. The number of likely N-dealkylation sites (tertiary alicyclic amines) is 1. The molecule has 0 aliphatic carbocycles. The normalized spacial score (nSPS) is 20.6. The lowest BCUT2D eigenvalue weighted by Gasteiger charge is -2.32. The van der Waals surface area contributed by atoms with Crippen LogP contribution in [0.1, 0.15) is 30.3 Å². The third-order valence-corrected chi connectivity index (χ3v) is 3.31. The van der Waals surface area contributed by atoms with E-state index < -0.39 is 0 Å². The van der Waals surface area contributed by atoms with Crippen molar-refractivity contribution >= 4 is 11.6 Å². The van der Waals surface area contributed by atoms with Gasteiger partial charge in [0, 0.05) is 12.6 Å². The number of rotatable bonds is 3. The van der Waals surface area contributed by atoms with Gasteiger partial charge in [-0.25, -0.2) is 4.98 Å². The van der Waals surface area contributed by atoms with Gasteiger partial charge in [-0.2, -0.15) is 0 Å². The molecular weight excluding hydrogens is 228 g/mol. The Hall–Kier alpha value is -1.62. The molecule has 3 N–H and O–H groups in total. The number of nitrogens with zero attached hydrogens (tertiary/aromatic N) is 2. The van der Waals surface area contributed by atoms with Gasteiger partial charge in [-0.15, -0.1) is 0 Å². The Balaban J connectivity index is 1.92. The Morgan fingerprint density at radius 1 is 1.61 bits per heavy atom. The molecule has 1 aromatic heterocycles. The highest BCUT2D eigenvalue weighted by Crippen LogP contribution is 2.10. The molecule has 0 spiro atoms. The first-order chi connectivity index (χ1) is 8.69. The molecule has 1 saturated heterocycles. The second-order valence-corrected chi connectivity index (χ2v) is 4.68. The van der Waals surface area contributed by atoms with Crippen molar-refractivity contribution in [2.45, 2.75) is 25.8 Å². The van der Waals surface area contributed by atoms with Crippen molar-refractivity contribution in [3.05, 3.63) is 24.0 Å². The van der Waals surface area contributed by atoms with Gasteiger partial charge in [-0.3, -0.25) is 4.79 Å². The number of likely N-dealkylation sites (N-methyl/N-ethyl adjacent to an activating group) is 1. The van der Waals surface area contributed by atoms with Crippen molar-refractivity contribution in [3.8, 4) is 0 Å². The van der Waals surface area contributed by atoms with E-state index in [1.807, 2.05) is 0 Å². The van der Waals surface area contributed by atoms with Crippen LogP contribution in [0.25, 0.3) is 0 Å². The maximum Gasteiger partial charge on any atom is 0.270 e. The van der Waals surface area contributed by atoms with Crippen LogP contribution in [0.3, 0.4) is 0 Å². The Morgan fingerprint density at radius 2 is 2.44 bits per heavy atom. The predicted molar refractivity (Wildman–Crippen MR) is 71.3 cm³/mol. The fourth-order valence-electron chi connectivity index (χ4n) is 2.26. The zero-order chi connectivity index (χ0) is 13.0. The summed E-state index contributed by atoms with van der Waals surface area (Å²) in [4.78, 5) is 18.4. The Kier molecular flexibility index (Phi) is 4.15. The van der Waals surface area contributed by atoms with E-state index >= 15 is 0 Å². The zero-order valence-electron chi connectivity index (χ0n) is 10.7.